The van der Waals surface area contributed by atoms with Crippen molar-refractivity contribution in [3.63, 3.8) is 0 Å². The molecule has 1 rings (SSSR count). The summed E-state index contributed by atoms with van der Waals surface area (Å²) in [6.07, 6.45) is 3.05. The summed E-state index contributed by atoms with van der Waals surface area (Å²) in [5, 5.41) is 0. The van der Waals surface area contributed by atoms with Gasteiger partial charge in [0, 0.05) is 23.1 Å². The van der Waals surface area contributed by atoms with Crippen LogP contribution in [0.1, 0.15) is 5.56 Å². The molecule has 0 aromatic carbocycles. The van der Waals surface area contributed by atoms with Crippen LogP contribution in [0.25, 0.3) is 0 Å². The molecule has 0 spiro atoms. The summed E-state index contributed by atoms with van der Waals surface area (Å²) in [6, 6.07) is 3.22. The van der Waals surface area contributed by atoms with Crippen molar-refractivity contribution >= 4 is 32.1 Å². The third-order valence-corrected chi connectivity index (χ3v) is 2.09. The summed E-state index contributed by atoms with van der Waals surface area (Å²) in [5.41, 5.74) is 0.648. The van der Waals surface area contributed by atoms with E-state index in [1.54, 1.807) is 12.1 Å². The summed E-state index contributed by atoms with van der Waals surface area (Å²) >= 11 is 0. The van der Waals surface area contributed by atoms with Gasteiger partial charge in [-0.2, -0.15) is 0 Å². The predicted octanol–water partition coefficient (Wildman–Crippen LogP) is 1.57. The van der Waals surface area contributed by atoms with E-state index in [0.29, 0.717) is 5.56 Å². The SMILES string of the molecule is Cl.O=S(=O)(Cl)Cc1ccncc1. The summed E-state index contributed by atoms with van der Waals surface area (Å²) in [6.45, 7) is 0. The van der Waals surface area contributed by atoms with Crippen LogP contribution in [0.15, 0.2) is 24.5 Å². The Morgan fingerprint density at radius 1 is 1.33 bits per heavy atom. The molecule has 0 bridgehead atoms. The van der Waals surface area contributed by atoms with E-state index in [-0.39, 0.29) is 18.2 Å². The largest absolute Gasteiger partial charge is 0.265 e. The first kappa shape index (κ1) is 11.7. The fraction of sp³-hybridized carbons (Fsp3) is 0.167. The first-order valence-corrected chi connectivity index (χ1v) is 5.37. The van der Waals surface area contributed by atoms with Gasteiger partial charge < -0.3 is 0 Å². The van der Waals surface area contributed by atoms with Crippen molar-refractivity contribution in [1.29, 1.82) is 0 Å². The molecule has 0 atom stereocenters. The van der Waals surface area contributed by atoms with Crippen molar-refractivity contribution in [2.45, 2.75) is 5.75 Å². The third-order valence-electron chi connectivity index (χ3n) is 1.09. The Morgan fingerprint density at radius 2 is 1.83 bits per heavy atom. The fourth-order valence-corrected chi connectivity index (χ4v) is 1.65. The number of rotatable bonds is 2. The topological polar surface area (TPSA) is 47.0 Å². The van der Waals surface area contributed by atoms with Crippen LogP contribution in [0.2, 0.25) is 0 Å². The van der Waals surface area contributed by atoms with E-state index in [2.05, 4.69) is 4.98 Å². The summed E-state index contributed by atoms with van der Waals surface area (Å²) < 4.78 is 21.1. The monoisotopic (exact) mass is 227 g/mol. The minimum absolute atomic E-state index is 0. The van der Waals surface area contributed by atoms with Gasteiger partial charge in [-0.25, -0.2) is 8.42 Å². The van der Waals surface area contributed by atoms with E-state index in [0.717, 1.165) is 0 Å². The minimum Gasteiger partial charge on any atom is -0.265 e. The molecule has 1 aromatic heterocycles. The minimum atomic E-state index is -3.43. The summed E-state index contributed by atoms with van der Waals surface area (Å²) in [5.74, 6) is -0.142. The maximum Gasteiger partial charge on any atom is 0.236 e. The van der Waals surface area contributed by atoms with Crippen molar-refractivity contribution in [2.24, 2.45) is 0 Å². The highest BCUT2D eigenvalue weighted by Gasteiger charge is 2.05. The lowest BCUT2D eigenvalue weighted by atomic mass is 10.3. The van der Waals surface area contributed by atoms with Crippen molar-refractivity contribution < 1.29 is 8.42 Å². The molecule has 0 aliphatic rings. The highest BCUT2D eigenvalue weighted by atomic mass is 35.7. The average molecular weight is 228 g/mol. The van der Waals surface area contributed by atoms with E-state index < -0.39 is 9.05 Å². The second-order valence-corrected chi connectivity index (χ2v) is 4.82. The number of halogens is 2. The third kappa shape index (κ3) is 4.54. The molecule has 0 aliphatic carbocycles. The van der Waals surface area contributed by atoms with Crippen molar-refractivity contribution in [2.75, 3.05) is 0 Å². The number of aromatic nitrogens is 1. The average Bonchev–Trinajstić information content (AvgIpc) is 1.85. The van der Waals surface area contributed by atoms with Crippen molar-refractivity contribution in [3.8, 4) is 0 Å². The van der Waals surface area contributed by atoms with Gasteiger partial charge in [0.15, 0.2) is 0 Å². The zero-order chi connectivity index (χ0) is 8.32. The van der Waals surface area contributed by atoms with Gasteiger partial charge in [-0.1, -0.05) is 0 Å². The van der Waals surface area contributed by atoms with E-state index >= 15 is 0 Å². The first-order valence-electron chi connectivity index (χ1n) is 2.89. The van der Waals surface area contributed by atoms with Gasteiger partial charge in [-0.05, 0) is 17.7 Å². The lowest BCUT2D eigenvalue weighted by Gasteiger charge is -1.94. The molecule has 6 heteroatoms. The lowest BCUT2D eigenvalue weighted by molar-refractivity contribution is 0.609. The standard InChI is InChI=1S/C6H6ClNO2S.ClH/c7-11(9,10)5-6-1-3-8-4-2-6;/h1-4H,5H2;1H. The molecule has 0 fully saturated rings. The Labute approximate surface area is 81.6 Å². The number of nitrogens with zero attached hydrogens (tertiary/aromatic N) is 1. The Hall–Kier alpha value is -0.320. The van der Waals surface area contributed by atoms with E-state index in [1.165, 1.54) is 12.4 Å². The van der Waals surface area contributed by atoms with E-state index in [1.807, 2.05) is 0 Å². The fourth-order valence-electron chi connectivity index (χ4n) is 0.678. The normalized spacial score (nSPS) is 10.4. The molecule has 3 nitrogen and oxygen atoms in total. The Balaban J connectivity index is 0.00000121. The zero-order valence-corrected chi connectivity index (χ0v) is 8.36. The van der Waals surface area contributed by atoms with Gasteiger partial charge in [0.25, 0.3) is 0 Å². The van der Waals surface area contributed by atoms with Crippen LogP contribution >= 0.6 is 23.1 Å². The van der Waals surface area contributed by atoms with Gasteiger partial charge in [-0.3, -0.25) is 4.98 Å². The van der Waals surface area contributed by atoms with Crippen molar-refractivity contribution in [3.05, 3.63) is 30.1 Å². The molecule has 1 aromatic rings. The van der Waals surface area contributed by atoms with Crippen LogP contribution in [-0.2, 0) is 14.8 Å². The van der Waals surface area contributed by atoms with Crippen molar-refractivity contribution in [1.82, 2.24) is 4.98 Å². The summed E-state index contributed by atoms with van der Waals surface area (Å²) in [4.78, 5) is 3.74. The summed E-state index contributed by atoms with van der Waals surface area (Å²) in [7, 11) is 1.59. The quantitative estimate of drug-likeness (QED) is 0.722. The second-order valence-electron chi connectivity index (χ2n) is 2.04. The zero-order valence-electron chi connectivity index (χ0n) is 5.97. The van der Waals surface area contributed by atoms with Crippen LogP contribution in [0, 0.1) is 0 Å². The second kappa shape index (κ2) is 4.64. The smallest absolute Gasteiger partial charge is 0.236 e. The molecule has 0 saturated heterocycles. The van der Waals surface area contributed by atoms with Gasteiger partial charge >= 0.3 is 0 Å². The lowest BCUT2D eigenvalue weighted by Crippen LogP contribution is -1.94. The van der Waals surface area contributed by atoms with Crippen LogP contribution in [0.5, 0.6) is 0 Å². The van der Waals surface area contributed by atoms with Crippen LogP contribution in [-0.4, -0.2) is 13.4 Å². The Bertz CT molecular complexity index is 325. The molecular weight excluding hydrogens is 221 g/mol. The number of hydrogen-bond acceptors (Lipinski definition) is 3. The molecule has 0 unspecified atom stereocenters. The number of hydrogen-bond donors (Lipinski definition) is 0. The maximum atomic E-state index is 10.5. The molecule has 1 heterocycles. The highest BCUT2D eigenvalue weighted by Crippen LogP contribution is 2.07. The van der Waals surface area contributed by atoms with Gasteiger partial charge in [0.05, 0.1) is 5.75 Å². The van der Waals surface area contributed by atoms with E-state index in [4.69, 9.17) is 10.7 Å². The van der Waals surface area contributed by atoms with Gasteiger partial charge in [0.1, 0.15) is 0 Å². The predicted molar refractivity (Wildman–Crippen MR) is 50.0 cm³/mol. The van der Waals surface area contributed by atoms with Gasteiger partial charge in [-0.15, -0.1) is 12.4 Å². The molecule has 0 saturated carbocycles. The Kier molecular flexibility index (Phi) is 4.52. The Morgan fingerprint density at radius 3 is 2.25 bits per heavy atom. The molecule has 0 N–H and O–H groups in total. The van der Waals surface area contributed by atoms with Gasteiger partial charge in [0.2, 0.25) is 9.05 Å². The molecule has 0 aliphatic heterocycles. The molecule has 12 heavy (non-hydrogen) atoms. The van der Waals surface area contributed by atoms with Crippen LogP contribution < -0.4 is 0 Å². The molecule has 0 amide bonds. The van der Waals surface area contributed by atoms with E-state index in [9.17, 15) is 8.42 Å². The molecule has 0 radical (unpaired) electrons. The van der Waals surface area contributed by atoms with Crippen LogP contribution in [0.3, 0.4) is 0 Å². The highest BCUT2D eigenvalue weighted by molar-refractivity contribution is 8.13. The maximum absolute atomic E-state index is 10.5. The molecular formula is C6H7Cl2NO2S. The first-order chi connectivity index (χ1) is 5.08. The molecule has 68 valence electrons. The van der Waals surface area contributed by atoms with Crippen LogP contribution in [0.4, 0.5) is 0 Å². The number of pyridine rings is 1.